The van der Waals surface area contributed by atoms with Crippen LogP contribution in [0.5, 0.6) is 5.75 Å². The molecule has 0 aromatic heterocycles. The number of aliphatic hydroxyl groups excluding tert-OH is 8. The van der Waals surface area contributed by atoms with Gasteiger partial charge in [0.05, 0.1) is 25.4 Å². The number of aliphatic hydroxyl groups is 8. The van der Waals surface area contributed by atoms with Gasteiger partial charge in [-0.1, -0.05) is 12.1 Å². The number of rotatable bonds is 7. The smallest absolute Gasteiger partial charge is 0.187 e. The summed E-state index contributed by atoms with van der Waals surface area (Å²) in [5.41, 5.74) is 0.438. The minimum absolute atomic E-state index is 0.0128. The Kier molecular flexibility index (Phi) is 8.41. The summed E-state index contributed by atoms with van der Waals surface area (Å²) in [6, 6.07) is 5.74. The second kappa shape index (κ2) is 10.7. The second-order valence-electron chi connectivity index (χ2n) is 8.02. The molecule has 12 nitrogen and oxygen atoms in total. The van der Waals surface area contributed by atoms with Crippen molar-refractivity contribution in [3.63, 3.8) is 0 Å². The third kappa shape index (κ3) is 5.21. The van der Waals surface area contributed by atoms with Crippen molar-refractivity contribution in [2.75, 3.05) is 13.2 Å². The van der Waals surface area contributed by atoms with Crippen LogP contribution in [0.2, 0.25) is 0 Å². The first-order valence-electron chi connectivity index (χ1n) is 10.2. The Hall–Kier alpha value is -1.42. The number of phenolic OH excluding ortho intramolecular Hbond substituents is 1. The minimum atomic E-state index is -1.74. The monoisotopic (exact) mass is 462 g/mol. The van der Waals surface area contributed by atoms with Crippen molar-refractivity contribution in [1.29, 1.82) is 0 Å². The van der Waals surface area contributed by atoms with Crippen molar-refractivity contribution < 1.29 is 60.2 Å². The van der Waals surface area contributed by atoms with Gasteiger partial charge in [-0.05, 0) is 17.7 Å². The number of aromatic hydroxyl groups is 1. The van der Waals surface area contributed by atoms with Crippen molar-refractivity contribution in [3.05, 3.63) is 29.8 Å². The number of hydrogen-bond acceptors (Lipinski definition) is 12. The van der Waals surface area contributed by atoms with E-state index in [0.717, 1.165) is 0 Å². The molecule has 2 fully saturated rings. The van der Waals surface area contributed by atoms with Crippen molar-refractivity contribution in [3.8, 4) is 5.75 Å². The molecule has 1 aromatic rings. The fourth-order valence-electron chi connectivity index (χ4n) is 3.91. The van der Waals surface area contributed by atoms with E-state index in [2.05, 4.69) is 0 Å². The van der Waals surface area contributed by atoms with E-state index in [1.165, 1.54) is 24.3 Å². The lowest BCUT2D eigenvalue weighted by Crippen LogP contribution is -2.64. The van der Waals surface area contributed by atoms with Crippen molar-refractivity contribution in [2.24, 2.45) is 0 Å². The predicted molar refractivity (Wildman–Crippen MR) is 104 cm³/mol. The molecule has 0 amide bonds. The molecule has 0 aliphatic carbocycles. The normalized spacial score (nSPS) is 41.4. The van der Waals surface area contributed by atoms with Gasteiger partial charge in [-0.25, -0.2) is 0 Å². The molecule has 1 aromatic carbocycles. The SMILES string of the molecule is OC[C@H]1O[C@@H](O[C@H]2[C@H](O)[C@@H](O)[C@@H](CC(O)c3ccc(O)cc3)O[C@@H]2CO)[C@H](O)[C@@H](O)[C@H]1O. The standard InChI is InChI=1S/C20H30O12/c21-6-12-15(26)16(27)18(29)20(31-12)32-19-13(7-22)30-11(14(25)17(19)28)5-10(24)8-1-3-9(23)4-2-8/h1-4,10-29H,5-7H2/t10?,11-,12-,13-,14+,15+,16+,17-,18-,19-,20+/m1/s1. The molecule has 11 atom stereocenters. The maximum atomic E-state index is 10.6. The summed E-state index contributed by atoms with van der Waals surface area (Å²) in [6.45, 7) is -1.34. The summed E-state index contributed by atoms with van der Waals surface area (Å²) in [6.07, 6.45) is -16.0. The van der Waals surface area contributed by atoms with Gasteiger partial charge >= 0.3 is 0 Å². The minimum Gasteiger partial charge on any atom is -0.508 e. The number of ether oxygens (including phenoxy) is 3. The molecule has 0 bridgehead atoms. The summed E-state index contributed by atoms with van der Waals surface area (Å²) in [7, 11) is 0. The van der Waals surface area contributed by atoms with E-state index in [0.29, 0.717) is 5.56 Å². The molecule has 2 aliphatic rings. The van der Waals surface area contributed by atoms with Gasteiger partial charge in [-0.2, -0.15) is 0 Å². The highest BCUT2D eigenvalue weighted by Gasteiger charge is 2.50. The zero-order valence-electron chi connectivity index (χ0n) is 17.0. The van der Waals surface area contributed by atoms with Crippen LogP contribution >= 0.6 is 0 Å². The van der Waals surface area contributed by atoms with Crippen LogP contribution in [-0.2, 0) is 14.2 Å². The molecule has 32 heavy (non-hydrogen) atoms. The van der Waals surface area contributed by atoms with Gasteiger partial charge < -0.3 is 60.2 Å². The van der Waals surface area contributed by atoms with Crippen LogP contribution < -0.4 is 0 Å². The summed E-state index contributed by atoms with van der Waals surface area (Å²) < 4.78 is 16.4. The van der Waals surface area contributed by atoms with Gasteiger partial charge in [0.2, 0.25) is 0 Å². The number of hydrogen-bond donors (Lipinski definition) is 9. The lowest BCUT2D eigenvalue weighted by atomic mass is 9.90. The number of phenols is 1. The Balaban J connectivity index is 1.69. The fraction of sp³-hybridized carbons (Fsp3) is 0.700. The molecule has 2 aliphatic heterocycles. The first kappa shape index (κ1) is 25.2. The van der Waals surface area contributed by atoms with Crippen LogP contribution in [0.25, 0.3) is 0 Å². The highest BCUT2D eigenvalue weighted by atomic mass is 16.7. The molecule has 3 rings (SSSR count). The van der Waals surface area contributed by atoms with Crippen LogP contribution in [-0.4, -0.2) is 120 Å². The van der Waals surface area contributed by atoms with Gasteiger partial charge in [0.15, 0.2) is 6.29 Å². The molecule has 2 heterocycles. The second-order valence-corrected chi connectivity index (χ2v) is 8.02. The van der Waals surface area contributed by atoms with E-state index in [-0.39, 0.29) is 12.2 Å². The average molecular weight is 462 g/mol. The maximum Gasteiger partial charge on any atom is 0.187 e. The molecule has 0 saturated carbocycles. The van der Waals surface area contributed by atoms with Crippen LogP contribution in [0, 0.1) is 0 Å². The Bertz CT molecular complexity index is 713. The molecular weight excluding hydrogens is 432 g/mol. The summed E-state index contributed by atoms with van der Waals surface area (Å²) in [4.78, 5) is 0. The maximum absolute atomic E-state index is 10.6. The third-order valence-corrected chi connectivity index (χ3v) is 5.84. The third-order valence-electron chi connectivity index (χ3n) is 5.84. The highest BCUT2D eigenvalue weighted by molar-refractivity contribution is 5.27. The lowest BCUT2D eigenvalue weighted by Gasteiger charge is -2.46. The van der Waals surface area contributed by atoms with Crippen molar-refractivity contribution in [1.82, 2.24) is 0 Å². The summed E-state index contributed by atoms with van der Waals surface area (Å²) in [5, 5.41) is 89.8. The van der Waals surface area contributed by atoms with Crippen LogP contribution in [0.1, 0.15) is 18.1 Å². The molecule has 0 spiro atoms. The Morgan fingerprint density at radius 1 is 0.750 bits per heavy atom. The highest BCUT2D eigenvalue weighted by Crippen LogP contribution is 2.32. The van der Waals surface area contributed by atoms with E-state index >= 15 is 0 Å². The predicted octanol–water partition coefficient (Wildman–Crippen LogP) is -3.52. The zero-order chi connectivity index (χ0) is 23.6. The Morgan fingerprint density at radius 2 is 1.34 bits per heavy atom. The average Bonchev–Trinajstić information content (AvgIpc) is 2.79. The first-order valence-corrected chi connectivity index (χ1v) is 10.2. The Labute approximate surface area is 183 Å². The van der Waals surface area contributed by atoms with Gasteiger partial charge in [0.1, 0.15) is 54.6 Å². The summed E-state index contributed by atoms with van der Waals surface area (Å²) >= 11 is 0. The molecule has 12 heteroatoms. The molecule has 1 unspecified atom stereocenters. The molecular formula is C20H30O12. The number of benzene rings is 1. The fourth-order valence-corrected chi connectivity index (χ4v) is 3.91. The molecule has 9 N–H and O–H groups in total. The molecule has 0 radical (unpaired) electrons. The molecule has 182 valence electrons. The van der Waals surface area contributed by atoms with E-state index in [1.54, 1.807) is 0 Å². The quantitative estimate of drug-likeness (QED) is 0.193. The van der Waals surface area contributed by atoms with Gasteiger partial charge in [0.25, 0.3) is 0 Å². The van der Waals surface area contributed by atoms with E-state index < -0.39 is 80.5 Å². The van der Waals surface area contributed by atoms with Crippen LogP contribution in [0.4, 0.5) is 0 Å². The zero-order valence-corrected chi connectivity index (χ0v) is 17.0. The molecule has 2 saturated heterocycles. The van der Waals surface area contributed by atoms with Crippen molar-refractivity contribution in [2.45, 2.75) is 73.8 Å². The van der Waals surface area contributed by atoms with E-state index in [4.69, 9.17) is 14.2 Å². The van der Waals surface area contributed by atoms with Crippen molar-refractivity contribution >= 4 is 0 Å². The van der Waals surface area contributed by atoms with E-state index in [1.807, 2.05) is 0 Å². The van der Waals surface area contributed by atoms with Crippen LogP contribution in [0.15, 0.2) is 24.3 Å². The Morgan fingerprint density at radius 3 is 1.94 bits per heavy atom. The lowest BCUT2D eigenvalue weighted by molar-refractivity contribution is -0.342. The van der Waals surface area contributed by atoms with Gasteiger partial charge in [0, 0.05) is 6.42 Å². The summed E-state index contributed by atoms with van der Waals surface area (Å²) in [5.74, 6) is 0.0128. The largest absolute Gasteiger partial charge is 0.508 e. The first-order chi connectivity index (χ1) is 15.2. The topological polar surface area (TPSA) is 210 Å². The van der Waals surface area contributed by atoms with Gasteiger partial charge in [-0.3, -0.25) is 0 Å². The van der Waals surface area contributed by atoms with Crippen LogP contribution in [0.3, 0.4) is 0 Å². The van der Waals surface area contributed by atoms with E-state index in [9.17, 15) is 46.0 Å². The van der Waals surface area contributed by atoms with Gasteiger partial charge in [-0.15, -0.1) is 0 Å².